The maximum absolute atomic E-state index is 13.0. The third-order valence-corrected chi connectivity index (χ3v) is 14.1. The summed E-state index contributed by atoms with van der Waals surface area (Å²) in [6.07, 6.45) is 15.9. The Morgan fingerprint density at radius 3 is 2.17 bits per heavy atom. The van der Waals surface area contributed by atoms with Crippen LogP contribution in [-0.4, -0.2) is 79.1 Å². The molecule has 0 unspecified atom stereocenters. The smallest absolute Gasteiger partial charge is 0.101 e. The Kier molecular flexibility index (Phi) is 8.31. The molecule has 5 heteroatoms. The van der Waals surface area contributed by atoms with Crippen molar-refractivity contribution < 1.29 is 14.6 Å². The Bertz CT molecular complexity index is 1060. The number of rotatable bonds is 9. The van der Waals surface area contributed by atoms with Crippen LogP contribution in [0.5, 0.6) is 0 Å². The van der Waals surface area contributed by atoms with Crippen molar-refractivity contribution >= 4 is 0 Å². The number of aliphatic hydroxyl groups is 1. The summed E-state index contributed by atoms with van der Waals surface area (Å²) in [6, 6.07) is 11.0. The molecule has 2 aliphatic heterocycles. The second-order valence-corrected chi connectivity index (χ2v) is 15.7. The minimum atomic E-state index is -0.670. The van der Waals surface area contributed by atoms with Gasteiger partial charge in [0.15, 0.2) is 0 Å². The molecule has 0 aromatic heterocycles. The fraction of sp³-hybridized carbons (Fsp3) is 0.838. The zero-order valence-corrected chi connectivity index (χ0v) is 26.7. The zero-order chi connectivity index (χ0) is 28.8. The SMILES string of the molecule is C[C@]12CC[C@H](OCCN3CCCC3)C[C@@H]1CC[C@@H]1[C@@H]2CC[C@]2(C)[C@@](OCCN3CCCC3)(c3ccccc3)CC[C@]12O. The molecule has 0 radical (unpaired) electrons. The van der Waals surface area contributed by atoms with Gasteiger partial charge in [0.25, 0.3) is 0 Å². The number of hydrogen-bond donors (Lipinski definition) is 1. The lowest BCUT2D eigenvalue weighted by Crippen LogP contribution is -2.65. The summed E-state index contributed by atoms with van der Waals surface area (Å²) in [5, 5.41) is 13.0. The first-order valence-corrected chi connectivity index (χ1v) is 17.9. The van der Waals surface area contributed by atoms with Crippen molar-refractivity contribution in [3.8, 4) is 0 Å². The van der Waals surface area contributed by atoms with Crippen LogP contribution in [0, 0.1) is 28.6 Å². The number of nitrogens with zero attached hydrogens (tertiary/aromatic N) is 2. The summed E-state index contributed by atoms with van der Waals surface area (Å²) in [5.41, 5.74) is 0.258. The zero-order valence-electron chi connectivity index (χ0n) is 26.7. The number of likely N-dealkylation sites (tertiary alicyclic amines) is 2. The van der Waals surface area contributed by atoms with E-state index in [-0.39, 0.29) is 5.41 Å². The Hall–Kier alpha value is -0.980. The molecule has 42 heavy (non-hydrogen) atoms. The molecule has 4 saturated carbocycles. The molecule has 6 fully saturated rings. The van der Waals surface area contributed by atoms with Crippen LogP contribution in [0.25, 0.3) is 0 Å². The lowest BCUT2D eigenvalue weighted by Gasteiger charge is -2.65. The van der Waals surface area contributed by atoms with Gasteiger partial charge in [0.2, 0.25) is 0 Å². The van der Waals surface area contributed by atoms with Crippen LogP contribution in [0.1, 0.15) is 103 Å². The molecule has 7 rings (SSSR count). The maximum Gasteiger partial charge on any atom is 0.101 e. The fourth-order valence-electron chi connectivity index (χ4n) is 11.5. The molecule has 2 heterocycles. The van der Waals surface area contributed by atoms with Crippen LogP contribution < -0.4 is 0 Å². The van der Waals surface area contributed by atoms with Crippen molar-refractivity contribution in [2.24, 2.45) is 28.6 Å². The summed E-state index contributed by atoms with van der Waals surface area (Å²) in [4.78, 5) is 5.14. The van der Waals surface area contributed by atoms with Gasteiger partial charge in [-0.2, -0.15) is 0 Å². The molecule has 1 N–H and O–H groups in total. The molecule has 0 spiro atoms. The van der Waals surface area contributed by atoms with Crippen LogP contribution >= 0.6 is 0 Å². The van der Waals surface area contributed by atoms with Gasteiger partial charge in [-0.05, 0) is 138 Å². The van der Waals surface area contributed by atoms with Gasteiger partial charge in [0, 0.05) is 18.5 Å². The van der Waals surface area contributed by atoms with E-state index in [9.17, 15) is 5.11 Å². The lowest BCUT2D eigenvalue weighted by atomic mass is 9.42. The Morgan fingerprint density at radius 1 is 0.762 bits per heavy atom. The lowest BCUT2D eigenvalue weighted by molar-refractivity contribution is -0.249. The van der Waals surface area contributed by atoms with Crippen LogP contribution in [0.2, 0.25) is 0 Å². The average Bonchev–Trinajstić information content (AvgIpc) is 3.76. The fourth-order valence-corrected chi connectivity index (χ4v) is 11.5. The van der Waals surface area contributed by atoms with Gasteiger partial charge in [0.1, 0.15) is 5.60 Å². The van der Waals surface area contributed by atoms with Gasteiger partial charge >= 0.3 is 0 Å². The highest BCUT2D eigenvalue weighted by Crippen LogP contribution is 2.72. The molecule has 5 nitrogen and oxygen atoms in total. The minimum absolute atomic E-state index is 0.271. The minimum Gasteiger partial charge on any atom is -0.389 e. The largest absolute Gasteiger partial charge is 0.389 e. The Morgan fingerprint density at radius 2 is 1.45 bits per heavy atom. The number of ether oxygens (including phenoxy) is 2. The monoisotopic (exact) mass is 578 g/mol. The number of hydrogen-bond acceptors (Lipinski definition) is 5. The Balaban J connectivity index is 1.07. The van der Waals surface area contributed by atoms with Gasteiger partial charge in [-0.25, -0.2) is 0 Å². The summed E-state index contributed by atoms with van der Waals surface area (Å²) >= 11 is 0. The predicted molar refractivity (Wildman–Crippen MR) is 168 cm³/mol. The van der Waals surface area contributed by atoms with E-state index in [0.717, 1.165) is 57.9 Å². The van der Waals surface area contributed by atoms with Gasteiger partial charge in [-0.15, -0.1) is 0 Å². The molecule has 234 valence electrons. The number of fused-ring (bicyclic) bond motifs is 5. The summed E-state index contributed by atoms with van der Waals surface area (Å²) < 4.78 is 13.7. The van der Waals surface area contributed by atoms with E-state index in [1.807, 2.05) is 0 Å². The first-order chi connectivity index (χ1) is 20.4. The Labute approximate surface area is 255 Å². The molecular weight excluding hydrogens is 520 g/mol. The van der Waals surface area contributed by atoms with Crippen LogP contribution in [0.15, 0.2) is 30.3 Å². The normalized spacial score (nSPS) is 44.2. The second-order valence-electron chi connectivity index (χ2n) is 15.7. The summed E-state index contributed by atoms with van der Waals surface area (Å²) in [7, 11) is 0. The van der Waals surface area contributed by atoms with E-state index in [4.69, 9.17) is 9.47 Å². The average molecular weight is 579 g/mol. The first-order valence-electron chi connectivity index (χ1n) is 17.9. The van der Waals surface area contributed by atoms with Crippen molar-refractivity contribution in [1.82, 2.24) is 9.80 Å². The second kappa shape index (κ2) is 11.7. The van der Waals surface area contributed by atoms with Gasteiger partial charge < -0.3 is 24.4 Å². The van der Waals surface area contributed by atoms with Gasteiger partial charge in [0.05, 0.1) is 24.9 Å². The molecular formula is C37H58N2O3. The molecule has 1 aromatic rings. The van der Waals surface area contributed by atoms with Crippen LogP contribution in [0.4, 0.5) is 0 Å². The summed E-state index contributed by atoms with van der Waals surface area (Å²) in [6.45, 7) is 13.7. The third kappa shape index (κ3) is 4.83. The third-order valence-electron chi connectivity index (χ3n) is 14.1. The topological polar surface area (TPSA) is 45.2 Å². The van der Waals surface area contributed by atoms with Crippen molar-refractivity contribution in [3.63, 3.8) is 0 Å². The number of benzene rings is 1. The quantitative estimate of drug-likeness (QED) is 0.356. The maximum atomic E-state index is 13.0. The highest BCUT2D eigenvalue weighted by atomic mass is 16.5. The van der Waals surface area contributed by atoms with E-state index >= 15 is 0 Å². The first kappa shape index (κ1) is 29.7. The standard InChI is InChI=1S/C37H58N2O3/c1-34-16-14-31(41-26-24-38-20-6-7-21-38)28-30(34)12-13-33-32(34)15-17-35(2)36(33,40)18-19-37(35,29-10-4-3-5-11-29)42-27-25-39-22-8-9-23-39/h3-5,10-11,30-33,40H,6-9,12-28H2,1-2H3/t30-,31-,32-,33+,34-,35-,36-,37-/m0/s1. The van der Waals surface area contributed by atoms with E-state index in [1.54, 1.807) is 0 Å². The van der Waals surface area contributed by atoms with Gasteiger partial charge in [-0.1, -0.05) is 44.2 Å². The predicted octanol–water partition coefficient (Wildman–Crippen LogP) is 6.63. The van der Waals surface area contributed by atoms with Gasteiger partial charge in [-0.3, -0.25) is 0 Å². The molecule has 0 amide bonds. The van der Waals surface area contributed by atoms with Crippen molar-refractivity contribution in [1.29, 1.82) is 0 Å². The van der Waals surface area contributed by atoms with Crippen molar-refractivity contribution in [2.75, 3.05) is 52.5 Å². The molecule has 6 aliphatic rings. The van der Waals surface area contributed by atoms with Crippen molar-refractivity contribution in [3.05, 3.63) is 35.9 Å². The molecule has 1 aromatic carbocycles. The van der Waals surface area contributed by atoms with E-state index in [0.29, 0.717) is 23.4 Å². The summed E-state index contributed by atoms with van der Waals surface area (Å²) in [5.74, 6) is 1.71. The molecule has 8 atom stereocenters. The van der Waals surface area contributed by atoms with E-state index < -0.39 is 11.2 Å². The van der Waals surface area contributed by atoms with Crippen LogP contribution in [-0.2, 0) is 15.1 Å². The molecule has 4 aliphatic carbocycles. The van der Waals surface area contributed by atoms with Crippen molar-refractivity contribution in [2.45, 2.75) is 115 Å². The van der Waals surface area contributed by atoms with Crippen LogP contribution in [0.3, 0.4) is 0 Å². The van der Waals surface area contributed by atoms with E-state index in [2.05, 4.69) is 54.0 Å². The molecule has 2 saturated heterocycles. The van der Waals surface area contributed by atoms with E-state index in [1.165, 1.54) is 89.5 Å². The highest BCUT2D eigenvalue weighted by molar-refractivity contribution is 5.33. The molecule has 0 bridgehead atoms. The highest BCUT2D eigenvalue weighted by Gasteiger charge is 2.72.